The standard InChI is InChI=1S/C14H14N2O/c1-11-14(9-6-10-17)12(2)16(15-11)13-7-4-3-5-8-13/h3-5,7-8,17H,10H2,1-2H3. The van der Waals surface area contributed by atoms with E-state index in [0.29, 0.717) is 0 Å². The predicted octanol–water partition coefficient (Wildman–Crippen LogP) is 1.83. The van der Waals surface area contributed by atoms with Crippen LogP contribution in [0.15, 0.2) is 30.3 Å². The lowest BCUT2D eigenvalue weighted by atomic mass is 10.2. The maximum absolute atomic E-state index is 8.73. The van der Waals surface area contributed by atoms with E-state index in [9.17, 15) is 0 Å². The third kappa shape index (κ3) is 2.22. The lowest BCUT2D eigenvalue weighted by Crippen LogP contribution is -1.98. The molecule has 1 N–H and O–H groups in total. The highest BCUT2D eigenvalue weighted by molar-refractivity contribution is 5.45. The minimum atomic E-state index is -0.130. The number of aromatic nitrogens is 2. The zero-order valence-electron chi connectivity index (χ0n) is 9.94. The van der Waals surface area contributed by atoms with Crippen LogP contribution in [-0.4, -0.2) is 21.5 Å². The molecule has 0 saturated heterocycles. The highest BCUT2D eigenvalue weighted by atomic mass is 16.2. The molecule has 0 aliphatic carbocycles. The summed E-state index contributed by atoms with van der Waals surface area (Å²) in [6, 6.07) is 9.93. The Balaban J connectivity index is 2.52. The summed E-state index contributed by atoms with van der Waals surface area (Å²) in [4.78, 5) is 0. The Hall–Kier alpha value is -2.05. The Morgan fingerprint density at radius 2 is 1.94 bits per heavy atom. The van der Waals surface area contributed by atoms with Crippen molar-refractivity contribution in [2.45, 2.75) is 13.8 Å². The van der Waals surface area contributed by atoms with E-state index >= 15 is 0 Å². The van der Waals surface area contributed by atoms with Gasteiger partial charge in [0.1, 0.15) is 6.61 Å². The number of benzene rings is 1. The van der Waals surface area contributed by atoms with Gasteiger partial charge in [0, 0.05) is 0 Å². The number of aryl methyl sites for hydroxylation is 1. The Kier molecular flexibility index (Phi) is 3.27. The fraction of sp³-hybridized carbons (Fsp3) is 0.214. The average molecular weight is 226 g/mol. The van der Waals surface area contributed by atoms with Crippen LogP contribution in [0.25, 0.3) is 5.69 Å². The maximum Gasteiger partial charge on any atom is 0.104 e. The van der Waals surface area contributed by atoms with Crippen molar-refractivity contribution >= 4 is 0 Å². The number of aliphatic hydroxyl groups is 1. The lowest BCUT2D eigenvalue weighted by Gasteiger charge is -2.02. The second-order valence-electron chi connectivity index (χ2n) is 3.75. The second kappa shape index (κ2) is 4.86. The summed E-state index contributed by atoms with van der Waals surface area (Å²) in [7, 11) is 0. The van der Waals surface area contributed by atoms with Crippen LogP contribution in [0, 0.1) is 25.7 Å². The van der Waals surface area contributed by atoms with E-state index in [1.54, 1.807) is 0 Å². The van der Waals surface area contributed by atoms with Gasteiger partial charge in [0.2, 0.25) is 0 Å². The van der Waals surface area contributed by atoms with E-state index in [1.165, 1.54) is 0 Å². The SMILES string of the molecule is Cc1nn(-c2ccccc2)c(C)c1C#CCO. The molecular formula is C14H14N2O. The van der Waals surface area contributed by atoms with Crippen LogP contribution in [0.5, 0.6) is 0 Å². The number of hydrogen-bond acceptors (Lipinski definition) is 2. The van der Waals surface area contributed by atoms with Crippen molar-refractivity contribution in [2.75, 3.05) is 6.61 Å². The van der Waals surface area contributed by atoms with Crippen LogP contribution in [0.4, 0.5) is 0 Å². The van der Waals surface area contributed by atoms with Crippen LogP contribution in [-0.2, 0) is 0 Å². The molecule has 0 aliphatic heterocycles. The summed E-state index contributed by atoms with van der Waals surface area (Å²) in [5, 5.41) is 13.2. The Morgan fingerprint density at radius 1 is 1.24 bits per heavy atom. The summed E-state index contributed by atoms with van der Waals surface area (Å²) in [5.41, 5.74) is 3.79. The van der Waals surface area contributed by atoms with Crippen LogP contribution >= 0.6 is 0 Å². The van der Waals surface area contributed by atoms with E-state index in [2.05, 4.69) is 16.9 Å². The van der Waals surface area contributed by atoms with E-state index in [-0.39, 0.29) is 6.61 Å². The molecule has 0 aliphatic rings. The zero-order chi connectivity index (χ0) is 12.3. The van der Waals surface area contributed by atoms with E-state index in [1.807, 2.05) is 48.9 Å². The molecule has 0 amide bonds. The monoisotopic (exact) mass is 226 g/mol. The minimum Gasteiger partial charge on any atom is -0.384 e. The molecule has 0 spiro atoms. The number of rotatable bonds is 1. The van der Waals surface area contributed by atoms with Crippen molar-refractivity contribution in [3.63, 3.8) is 0 Å². The van der Waals surface area contributed by atoms with Gasteiger partial charge >= 0.3 is 0 Å². The van der Waals surface area contributed by atoms with Gasteiger partial charge in [0.15, 0.2) is 0 Å². The minimum absolute atomic E-state index is 0.130. The largest absolute Gasteiger partial charge is 0.384 e. The van der Waals surface area contributed by atoms with Crippen molar-refractivity contribution in [3.8, 4) is 17.5 Å². The first kappa shape index (κ1) is 11.4. The first-order chi connectivity index (χ1) is 8.24. The van der Waals surface area contributed by atoms with Crippen molar-refractivity contribution < 1.29 is 5.11 Å². The van der Waals surface area contributed by atoms with Crippen LogP contribution in [0.2, 0.25) is 0 Å². The fourth-order valence-corrected chi connectivity index (χ4v) is 1.77. The topological polar surface area (TPSA) is 38.0 Å². The highest BCUT2D eigenvalue weighted by Crippen LogP contribution is 2.16. The van der Waals surface area contributed by atoms with E-state index in [4.69, 9.17) is 5.11 Å². The summed E-state index contributed by atoms with van der Waals surface area (Å²) >= 11 is 0. The van der Waals surface area contributed by atoms with Gasteiger partial charge in [-0.2, -0.15) is 5.10 Å². The number of nitrogens with zero attached hydrogens (tertiary/aromatic N) is 2. The Morgan fingerprint density at radius 3 is 2.59 bits per heavy atom. The summed E-state index contributed by atoms with van der Waals surface area (Å²) < 4.78 is 1.87. The normalized spacial score (nSPS) is 9.82. The molecule has 0 saturated carbocycles. The molecule has 2 aromatic rings. The lowest BCUT2D eigenvalue weighted by molar-refractivity contribution is 0.350. The molecule has 0 bridgehead atoms. The van der Waals surface area contributed by atoms with E-state index in [0.717, 1.165) is 22.6 Å². The maximum atomic E-state index is 8.73. The highest BCUT2D eigenvalue weighted by Gasteiger charge is 2.10. The van der Waals surface area contributed by atoms with Gasteiger partial charge in [0.05, 0.1) is 22.6 Å². The van der Waals surface area contributed by atoms with Crippen molar-refractivity contribution in [1.29, 1.82) is 0 Å². The molecule has 17 heavy (non-hydrogen) atoms. The molecule has 0 unspecified atom stereocenters. The molecular weight excluding hydrogens is 212 g/mol. The summed E-state index contributed by atoms with van der Waals surface area (Å²) in [6.07, 6.45) is 0. The van der Waals surface area contributed by atoms with Gasteiger partial charge < -0.3 is 5.11 Å². The van der Waals surface area contributed by atoms with Crippen molar-refractivity contribution in [3.05, 3.63) is 47.3 Å². The Labute approximate surface area is 101 Å². The molecule has 1 heterocycles. The van der Waals surface area contributed by atoms with Crippen molar-refractivity contribution in [2.24, 2.45) is 0 Å². The van der Waals surface area contributed by atoms with Crippen LogP contribution in [0.1, 0.15) is 17.0 Å². The molecule has 3 nitrogen and oxygen atoms in total. The van der Waals surface area contributed by atoms with E-state index < -0.39 is 0 Å². The second-order valence-corrected chi connectivity index (χ2v) is 3.75. The third-order valence-electron chi connectivity index (χ3n) is 2.58. The molecule has 86 valence electrons. The molecule has 2 rings (SSSR count). The van der Waals surface area contributed by atoms with Gasteiger partial charge in [-0.05, 0) is 26.0 Å². The fourth-order valence-electron chi connectivity index (χ4n) is 1.77. The molecule has 1 aromatic carbocycles. The van der Waals surface area contributed by atoms with Gasteiger partial charge in [-0.1, -0.05) is 30.0 Å². The smallest absolute Gasteiger partial charge is 0.104 e. The predicted molar refractivity (Wildman–Crippen MR) is 67.0 cm³/mol. The van der Waals surface area contributed by atoms with Gasteiger partial charge in [-0.15, -0.1) is 0 Å². The molecule has 0 atom stereocenters. The summed E-state index contributed by atoms with van der Waals surface area (Å²) in [6.45, 7) is 3.78. The first-order valence-corrected chi connectivity index (χ1v) is 5.45. The van der Waals surface area contributed by atoms with Crippen LogP contribution < -0.4 is 0 Å². The molecule has 1 aromatic heterocycles. The van der Waals surface area contributed by atoms with Gasteiger partial charge in [-0.3, -0.25) is 0 Å². The number of hydrogen-bond donors (Lipinski definition) is 1. The molecule has 0 fully saturated rings. The van der Waals surface area contributed by atoms with Gasteiger partial charge in [0.25, 0.3) is 0 Å². The molecule has 3 heteroatoms. The van der Waals surface area contributed by atoms with Crippen molar-refractivity contribution in [1.82, 2.24) is 9.78 Å². The Bertz CT molecular complexity index is 574. The number of para-hydroxylation sites is 1. The quantitative estimate of drug-likeness (QED) is 0.753. The first-order valence-electron chi connectivity index (χ1n) is 5.45. The molecule has 0 radical (unpaired) electrons. The zero-order valence-corrected chi connectivity index (χ0v) is 9.94. The van der Waals surface area contributed by atoms with Gasteiger partial charge in [-0.25, -0.2) is 4.68 Å². The van der Waals surface area contributed by atoms with Crippen LogP contribution in [0.3, 0.4) is 0 Å². The average Bonchev–Trinajstić information content (AvgIpc) is 2.64. The third-order valence-corrected chi connectivity index (χ3v) is 2.58. The summed E-state index contributed by atoms with van der Waals surface area (Å²) in [5.74, 6) is 5.60. The number of aliphatic hydroxyl groups excluding tert-OH is 1.